The van der Waals surface area contributed by atoms with E-state index < -0.39 is 27.3 Å². The molecule has 3 atom stereocenters. The predicted octanol–water partition coefficient (Wildman–Crippen LogP) is 1.21. The number of carboxylic acids is 1. The third-order valence-corrected chi connectivity index (χ3v) is 6.23. The van der Waals surface area contributed by atoms with E-state index in [-0.39, 0.29) is 17.0 Å². The summed E-state index contributed by atoms with van der Waals surface area (Å²) < 4.78 is 27.1. The highest BCUT2D eigenvalue weighted by Gasteiger charge is 2.47. The van der Waals surface area contributed by atoms with E-state index in [9.17, 15) is 18.3 Å². The number of hydrogen-bond donors (Lipinski definition) is 3. The number of aromatic amines is 1. The lowest BCUT2D eigenvalue weighted by Gasteiger charge is -2.46. The van der Waals surface area contributed by atoms with Crippen LogP contribution in [-0.2, 0) is 14.8 Å². The van der Waals surface area contributed by atoms with Crippen molar-refractivity contribution in [2.75, 3.05) is 0 Å². The highest BCUT2D eigenvalue weighted by Crippen LogP contribution is 2.45. The Morgan fingerprint density at radius 2 is 2.14 bits per heavy atom. The summed E-state index contributed by atoms with van der Waals surface area (Å²) in [5.74, 6) is -1.37. The Hall–Kier alpha value is -1.41. The van der Waals surface area contributed by atoms with Gasteiger partial charge in [-0.05, 0) is 30.2 Å². The van der Waals surface area contributed by atoms with Crippen molar-refractivity contribution in [1.29, 1.82) is 0 Å². The fourth-order valence-electron chi connectivity index (χ4n) is 3.06. The van der Waals surface area contributed by atoms with Crippen molar-refractivity contribution in [3.63, 3.8) is 0 Å². The fraction of sp³-hybridized carbons (Fsp3) is 0.692. The molecule has 1 aliphatic carbocycles. The second-order valence-corrected chi connectivity index (χ2v) is 7.91. The van der Waals surface area contributed by atoms with Crippen molar-refractivity contribution in [2.45, 2.75) is 44.7 Å². The second-order valence-electron chi connectivity index (χ2n) is 6.23. The van der Waals surface area contributed by atoms with Gasteiger partial charge >= 0.3 is 5.97 Å². The Kier molecular flexibility index (Phi) is 4.12. The number of carboxylic acid groups (broad SMARTS) is 1. The standard InChI is InChI=1S/C13H21N3O4S/c1-8-10(5-4-9(12(17)18)13(8,2)3)16-21(19,20)11-6-7-14-15-11/h6-10,16H,4-5H2,1-3H3,(H,14,15)(H,17,18). The Labute approximate surface area is 124 Å². The zero-order valence-electron chi connectivity index (χ0n) is 12.3. The lowest BCUT2D eigenvalue weighted by Crippen LogP contribution is -2.52. The van der Waals surface area contributed by atoms with E-state index >= 15 is 0 Å². The zero-order valence-corrected chi connectivity index (χ0v) is 13.1. The number of nitrogens with one attached hydrogen (secondary N) is 2. The average molecular weight is 315 g/mol. The minimum atomic E-state index is -3.65. The molecule has 3 unspecified atom stereocenters. The lowest BCUT2D eigenvalue weighted by atomic mass is 9.61. The van der Waals surface area contributed by atoms with Crippen molar-refractivity contribution in [1.82, 2.24) is 14.9 Å². The minimum absolute atomic E-state index is 0.0212. The number of rotatable bonds is 4. The number of sulfonamides is 1. The lowest BCUT2D eigenvalue weighted by molar-refractivity contribution is -0.150. The van der Waals surface area contributed by atoms with Crippen LogP contribution in [0.1, 0.15) is 33.6 Å². The Balaban J connectivity index is 2.18. The van der Waals surface area contributed by atoms with Gasteiger partial charge < -0.3 is 5.11 Å². The summed E-state index contributed by atoms with van der Waals surface area (Å²) in [5, 5.41) is 15.4. The third-order valence-electron chi connectivity index (χ3n) is 4.81. The molecule has 2 rings (SSSR count). The molecule has 1 aliphatic rings. The first-order valence-corrected chi connectivity index (χ1v) is 8.39. The number of nitrogens with zero attached hydrogens (tertiary/aromatic N) is 1. The molecular formula is C13H21N3O4S. The topological polar surface area (TPSA) is 112 Å². The second kappa shape index (κ2) is 5.42. The molecular weight excluding hydrogens is 294 g/mol. The molecule has 1 heterocycles. The molecule has 7 nitrogen and oxygen atoms in total. The van der Waals surface area contributed by atoms with Crippen LogP contribution >= 0.6 is 0 Å². The van der Waals surface area contributed by atoms with Crippen molar-refractivity contribution in [2.24, 2.45) is 17.3 Å². The molecule has 1 saturated carbocycles. The molecule has 0 aliphatic heterocycles. The van der Waals surface area contributed by atoms with Crippen LogP contribution in [0.3, 0.4) is 0 Å². The first-order chi connectivity index (χ1) is 9.66. The van der Waals surface area contributed by atoms with Gasteiger partial charge in [-0.25, -0.2) is 13.1 Å². The highest BCUT2D eigenvalue weighted by atomic mass is 32.2. The molecule has 118 valence electrons. The van der Waals surface area contributed by atoms with Crippen LogP contribution in [0.15, 0.2) is 17.3 Å². The number of aliphatic carboxylic acids is 1. The molecule has 1 aromatic rings. The van der Waals surface area contributed by atoms with Crippen molar-refractivity contribution < 1.29 is 18.3 Å². The first kappa shape index (κ1) is 16.0. The maximum atomic E-state index is 12.2. The molecule has 0 saturated heterocycles. The Morgan fingerprint density at radius 1 is 1.48 bits per heavy atom. The van der Waals surface area contributed by atoms with E-state index in [1.807, 2.05) is 20.8 Å². The maximum absolute atomic E-state index is 12.2. The van der Waals surface area contributed by atoms with Gasteiger partial charge in [0.2, 0.25) is 0 Å². The summed E-state index contributed by atoms with van der Waals surface area (Å²) in [6.45, 7) is 5.66. The van der Waals surface area contributed by atoms with E-state index in [4.69, 9.17) is 0 Å². The Bertz CT molecular complexity index is 609. The van der Waals surface area contributed by atoms with Crippen LogP contribution in [-0.4, -0.2) is 35.7 Å². The monoisotopic (exact) mass is 315 g/mol. The van der Waals surface area contributed by atoms with Gasteiger partial charge in [-0.3, -0.25) is 9.89 Å². The molecule has 21 heavy (non-hydrogen) atoms. The van der Waals surface area contributed by atoms with Crippen LogP contribution in [0.5, 0.6) is 0 Å². The van der Waals surface area contributed by atoms with Gasteiger partial charge in [-0.2, -0.15) is 5.10 Å². The van der Waals surface area contributed by atoms with Crippen molar-refractivity contribution in [3.8, 4) is 0 Å². The molecule has 0 spiro atoms. The summed E-state index contributed by atoms with van der Waals surface area (Å²) in [5.41, 5.74) is -0.481. The van der Waals surface area contributed by atoms with Crippen LogP contribution in [0.4, 0.5) is 0 Å². The largest absolute Gasteiger partial charge is 0.481 e. The molecule has 0 bridgehead atoms. The fourth-order valence-corrected chi connectivity index (χ4v) is 4.32. The summed E-state index contributed by atoms with van der Waals surface area (Å²) >= 11 is 0. The molecule has 3 N–H and O–H groups in total. The number of aromatic nitrogens is 2. The van der Waals surface area contributed by atoms with Crippen LogP contribution < -0.4 is 4.72 Å². The van der Waals surface area contributed by atoms with Crippen LogP contribution in [0.25, 0.3) is 0 Å². The molecule has 0 radical (unpaired) electrons. The van der Waals surface area contributed by atoms with Gasteiger partial charge in [0, 0.05) is 6.04 Å². The third kappa shape index (κ3) is 2.96. The molecule has 1 fully saturated rings. The molecule has 0 aromatic carbocycles. The quantitative estimate of drug-likeness (QED) is 0.773. The number of H-pyrrole nitrogens is 1. The zero-order chi connectivity index (χ0) is 15.8. The molecule has 0 amide bonds. The Morgan fingerprint density at radius 3 is 2.67 bits per heavy atom. The van der Waals surface area contributed by atoms with Crippen LogP contribution in [0.2, 0.25) is 0 Å². The summed E-state index contributed by atoms with van der Waals surface area (Å²) in [6, 6.07) is 1.10. The smallest absolute Gasteiger partial charge is 0.307 e. The van der Waals surface area contributed by atoms with Gasteiger partial charge in [0.1, 0.15) is 0 Å². The summed E-state index contributed by atoms with van der Waals surface area (Å²) in [6.07, 6.45) is 2.35. The number of hydrogen-bond acceptors (Lipinski definition) is 4. The van der Waals surface area contributed by atoms with Gasteiger partial charge in [0.15, 0.2) is 5.03 Å². The summed E-state index contributed by atoms with van der Waals surface area (Å²) in [7, 11) is -3.65. The maximum Gasteiger partial charge on any atom is 0.307 e. The van der Waals surface area contributed by atoms with Gasteiger partial charge in [0.25, 0.3) is 10.0 Å². The minimum Gasteiger partial charge on any atom is -0.481 e. The molecule has 8 heteroatoms. The van der Waals surface area contributed by atoms with E-state index in [1.165, 1.54) is 12.3 Å². The SMILES string of the molecule is CC1C(NS(=O)(=O)c2ccn[nH]2)CCC(C(=O)O)C1(C)C. The normalized spacial score (nSPS) is 29.2. The molecule has 1 aromatic heterocycles. The van der Waals surface area contributed by atoms with Crippen molar-refractivity contribution in [3.05, 3.63) is 12.3 Å². The highest BCUT2D eigenvalue weighted by molar-refractivity contribution is 7.89. The predicted molar refractivity (Wildman–Crippen MR) is 76.0 cm³/mol. The van der Waals surface area contributed by atoms with E-state index in [0.717, 1.165) is 0 Å². The number of carbonyl (C=O) groups is 1. The average Bonchev–Trinajstić information content (AvgIpc) is 2.89. The van der Waals surface area contributed by atoms with Gasteiger partial charge in [0.05, 0.1) is 12.1 Å². The van der Waals surface area contributed by atoms with Crippen molar-refractivity contribution >= 4 is 16.0 Å². The van der Waals surface area contributed by atoms with Gasteiger partial charge in [-0.1, -0.05) is 20.8 Å². The van der Waals surface area contributed by atoms with Crippen LogP contribution in [0, 0.1) is 17.3 Å². The van der Waals surface area contributed by atoms with E-state index in [0.29, 0.717) is 12.8 Å². The first-order valence-electron chi connectivity index (χ1n) is 6.91. The van der Waals surface area contributed by atoms with Gasteiger partial charge in [-0.15, -0.1) is 0 Å². The summed E-state index contributed by atoms with van der Waals surface area (Å²) in [4.78, 5) is 11.3. The van der Waals surface area contributed by atoms with E-state index in [2.05, 4.69) is 14.9 Å². The van der Waals surface area contributed by atoms with E-state index in [1.54, 1.807) is 0 Å².